The zero-order valence-electron chi connectivity index (χ0n) is 10.4. The number of alkyl halides is 1. The van der Waals surface area contributed by atoms with E-state index in [0.717, 1.165) is 31.8 Å². The van der Waals surface area contributed by atoms with Crippen LogP contribution in [0.2, 0.25) is 0 Å². The van der Waals surface area contributed by atoms with Crippen molar-refractivity contribution in [2.45, 2.75) is 64.6 Å². The lowest BCUT2D eigenvalue weighted by Gasteiger charge is -2.14. The Labute approximate surface area is 97.9 Å². The molecule has 0 saturated heterocycles. The molecule has 0 saturated carbocycles. The monoisotopic (exact) mass is 230 g/mol. The van der Waals surface area contributed by atoms with Crippen LogP contribution in [0.25, 0.3) is 0 Å². The first-order valence-electron chi connectivity index (χ1n) is 6.07. The molecule has 0 heterocycles. The van der Waals surface area contributed by atoms with Crippen LogP contribution in [0.5, 0.6) is 0 Å². The van der Waals surface area contributed by atoms with Crippen LogP contribution in [-0.4, -0.2) is 18.2 Å². The maximum absolute atomic E-state index is 13.4. The van der Waals surface area contributed by atoms with E-state index in [4.69, 9.17) is 4.74 Å². The molecule has 2 atom stereocenters. The molecule has 0 bridgehead atoms. The molecule has 0 N–H and O–H groups in total. The summed E-state index contributed by atoms with van der Waals surface area (Å²) >= 11 is 0. The van der Waals surface area contributed by atoms with Crippen molar-refractivity contribution in [1.29, 1.82) is 0 Å². The van der Waals surface area contributed by atoms with Crippen molar-refractivity contribution in [1.82, 2.24) is 0 Å². The van der Waals surface area contributed by atoms with Gasteiger partial charge in [-0.3, -0.25) is 0 Å². The minimum Gasteiger partial charge on any atom is -0.459 e. The summed E-state index contributed by atoms with van der Waals surface area (Å²) in [4.78, 5) is 10.8. The van der Waals surface area contributed by atoms with Crippen molar-refractivity contribution in [3.8, 4) is 0 Å². The third-order valence-electron chi connectivity index (χ3n) is 2.44. The van der Waals surface area contributed by atoms with Gasteiger partial charge < -0.3 is 4.74 Å². The van der Waals surface area contributed by atoms with Crippen LogP contribution in [0.4, 0.5) is 4.39 Å². The summed E-state index contributed by atoms with van der Waals surface area (Å²) < 4.78 is 18.3. The van der Waals surface area contributed by atoms with E-state index in [-0.39, 0.29) is 12.5 Å². The summed E-state index contributed by atoms with van der Waals surface area (Å²) in [6.07, 6.45) is 5.02. The molecule has 2 nitrogen and oxygen atoms in total. The van der Waals surface area contributed by atoms with Gasteiger partial charge in [-0.2, -0.15) is 0 Å². The Morgan fingerprint density at radius 1 is 1.44 bits per heavy atom. The molecule has 16 heavy (non-hydrogen) atoms. The zero-order chi connectivity index (χ0) is 12.4. The molecule has 0 radical (unpaired) electrons. The maximum Gasteiger partial charge on any atom is 0.330 e. The van der Waals surface area contributed by atoms with E-state index in [1.807, 2.05) is 0 Å². The number of halogens is 1. The van der Waals surface area contributed by atoms with Crippen LogP contribution < -0.4 is 0 Å². The summed E-state index contributed by atoms with van der Waals surface area (Å²) in [6.45, 7) is 7.13. The molecular weight excluding hydrogens is 207 g/mol. The standard InChI is InChI=1S/C13H23FO2/c1-4-6-7-8-9-12(14)10-11(3)16-13(15)5-2/h5,11-12H,2,4,6-10H2,1,3H3. The fourth-order valence-electron chi connectivity index (χ4n) is 1.57. The fourth-order valence-corrected chi connectivity index (χ4v) is 1.57. The minimum atomic E-state index is -0.871. The van der Waals surface area contributed by atoms with Gasteiger partial charge in [-0.15, -0.1) is 0 Å². The topological polar surface area (TPSA) is 26.3 Å². The quantitative estimate of drug-likeness (QED) is 0.342. The number of esters is 1. The molecule has 0 aliphatic carbocycles. The second-order valence-electron chi connectivity index (χ2n) is 4.13. The fraction of sp³-hybridized carbons (Fsp3) is 0.769. The van der Waals surface area contributed by atoms with Crippen LogP contribution in [0.1, 0.15) is 52.4 Å². The molecule has 94 valence electrons. The second kappa shape index (κ2) is 9.37. The van der Waals surface area contributed by atoms with Gasteiger partial charge >= 0.3 is 5.97 Å². The van der Waals surface area contributed by atoms with Crippen molar-refractivity contribution in [2.24, 2.45) is 0 Å². The van der Waals surface area contributed by atoms with Gasteiger partial charge in [0.25, 0.3) is 0 Å². The molecule has 0 fully saturated rings. The highest BCUT2D eigenvalue weighted by molar-refractivity contribution is 5.81. The smallest absolute Gasteiger partial charge is 0.330 e. The van der Waals surface area contributed by atoms with E-state index < -0.39 is 12.1 Å². The molecule has 0 aliphatic rings. The lowest BCUT2D eigenvalue weighted by molar-refractivity contribution is -0.142. The van der Waals surface area contributed by atoms with E-state index in [2.05, 4.69) is 13.5 Å². The number of rotatable bonds is 9. The van der Waals surface area contributed by atoms with E-state index in [1.165, 1.54) is 0 Å². The summed E-state index contributed by atoms with van der Waals surface area (Å²) in [5.74, 6) is -0.481. The van der Waals surface area contributed by atoms with Crippen LogP contribution in [0.3, 0.4) is 0 Å². The summed E-state index contributed by atoms with van der Waals surface area (Å²) in [5.41, 5.74) is 0. The van der Waals surface area contributed by atoms with Gasteiger partial charge in [0.15, 0.2) is 0 Å². The van der Waals surface area contributed by atoms with E-state index >= 15 is 0 Å². The van der Waals surface area contributed by atoms with Crippen LogP contribution in [-0.2, 0) is 9.53 Å². The zero-order valence-corrected chi connectivity index (χ0v) is 10.4. The number of carbonyl (C=O) groups is 1. The molecule has 0 spiro atoms. The van der Waals surface area contributed by atoms with Crippen molar-refractivity contribution in [2.75, 3.05) is 0 Å². The molecule has 0 aromatic rings. The summed E-state index contributed by atoms with van der Waals surface area (Å²) in [7, 11) is 0. The Bertz CT molecular complexity index is 204. The lowest BCUT2D eigenvalue weighted by Crippen LogP contribution is -2.18. The largest absolute Gasteiger partial charge is 0.459 e. The van der Waals surface area contributed by atoms with Crippen molar-refractivity contribution in [3.05, 3.63) is 12.7 Å². The molecule has 0 rings (SSSR count). The Morgan fingerprint density at radius 3 is 2.69 bits per heavy atom. The van der Waals surface area contributed by atoms with Gasteiger partial charge in [0.2, 0.25) is 0 Å². The first kappa shape index (κ1) is 15.1. The Hall–Kier alpha value is -0.860. The highest BCUT2D eigenvalue weighted by Gasteiger charge is 2.14. The molecule has 2 unspecified atom stereocenters. The lowest BCUT2D eigenvalue weighted by atomic mass is 10.1. The Kier molecular flexibility index (Phi) is 8.87. The van der Waals surface area contributed by atoms with Crippen molar-refractivity contribution in [3.63, 3.8) is 0 Å². The maximum atomic E-state index is 13.4. The minimum absolute atomic E-state index is 0.283. The molecule has 0 aromatic heterocycles. The molecule has 0 amide bonds. The SMILES string of the molecule is C=CC(=O)OC(C)CC(F)CCCCCC. The normalized spacial score (nSPS) is 14.2. The van der Waals surface area contributed by atoms with E-state index in [9.17, 15) is 9.18 Å². The Balaban J connectivity index is 3.57. The van der Waals surface area contributed by atoms with Gasteiger partial charge in [0, 0.05) is 12.5 Å². The van der Waals surface area contributed by atoms with Crippen LogP contribution in [0, 0.1) is 0 Å². The van der Waals surface area contributed by atoms with Crippen molar-refractivity contribution < 1.29 is 13.9 Å². The van der Waals surface area contributed by atoms with E-state index in [0.29, 0.717) is 6.42 Å². The Morgan fingerprint density at radius 2 is 2.12 bits per heavy atom. The highest BCUT2D eigenvalue weighted by Crippen LogP contribution is 2.14. The number of hydrogen-bond donors (Lipinski definition) is 0. The summed E-state index contributed by atoms with van der Waals surface area (Å²) in [5, 5.41) is 0. The number of ether oxygens (including phenoxy) is 1. The predicted octanol–water partition coefficient (Wildman–Crippen LogP) is 3.80. The summed E-state index contributed by atoms with van der Waals surface area (Å²) in [6, 6.07) is 0. The van der Waals surface area contributed by atoms with Gasteiger partial charge in [0.1, 0.15) is 12.3 Å². The average Bonchev–Trinajstić information content (AvgIpc) is 2.24. The first-order chi connectivity index (χ1) is 7.60. The third kappa shape index (κ3) is 8.45. The van der Waals surface area contributed by atoms with Gasteiger partial charge in [0.05, 0.1) is 0 Å². The third-order valence-corrected chi connectivity index (χ3v) is 2.44. The molecule has 0 aromatic carbocycles. The molecule has 3 heteroatoms. The predicted molar refractivity (Wildman–Crippen MR) is 64.0 cm³/mol. The van der Waals surface area contributed by atoms with E-state index in [1.54, 1.807) is 6.92 Å². The number of carbonyl (C=O) groups excluding carboxylic acids is 1. The van der Waals surface area contributed by atoms with Crippen molar-refractivity contribution >= 4 is 5.97 Å². The first-order valence-corrected chi connectivity index (χ1v) is 6.07. The molecule has 0 aliphatic heterocycles. The highest BCUT2D eigenvalue weighted by atomic mass is 19.1. The van der Waals surface area contributed by atoms with Crippen LogP contribution in [0.15, 0.2) is 12.7 Å². The number of unbranched alkanes of at least 4 members (excludes halogenated alkanes) is 3. The molecular formula is C13H23FO2. The second-order valence-corrected chi connectivity index (χ2v) is 4.13. The van der Waals surface area contributed by atoms with Gasteiger partial charge in [-0.25, -0.2) is 9.18 Å². The average molecular weight is 230 g/mol. The number of hydrogen-bond acceptors (Lipinski definition) is 2. The van der Waals surface area contributed by atoms with Gasteiger partial charge in [-0.1, -0.05) is 39.2 Å². The van der Waals surface area contributed by atoms with Gasteiger partial charge in [-0.05, 0) is 13.3 Å². The van der Waals surface area contributed by atoms with Crippen LogP contribution >= 0.6 is 0 Å².